The van der Waals surface area contributed by atoms with Crippen LogP contribution >= 0.6 is 0 Å². The van der Waals surface area contributed by atoms with Crippen molar-refractivity contribution in [2.75, 3.05) is 0 Å². The van der Waals surface area contributed by atoms with Gasteiger partial charge < -0.3 is 5.11 Å². The van der Waals surface area contributed by atoms with Gasteiger partial charge in [0.1, 0.15) is 0 Å². The van der Waals surface area contributed by atoms with Crippen LogP contribution in [-0.4, -0.2) is 11.1 Å². The molecule has 0 spiro atoms. The number of rotatable bonds is 4. The van der Waals surface area contributed by atoms with Crippen LogP contribution in [0.3, 0.4) is 0 Å². The topological polar surface area (TPSA) is 37.3 Å². The Kier molecular flexibility index (Phi) is 3.28. The second kappa shape index (κ2) is 4.69. The predicted octanol–water partition coefficient (Wildman–Crippen LogP) is 3.35. The molecule has 1 N–H and O–H groups in total. The molecule has 1 aliphatic rings. The van der Waals surface area contributed by atoms with E-state index in [1.54, 1.807) is 0 Å². The maximum absolute atomic E-state index is 10.4. The van der Waals surface area contributed by atoms with Crippen LogP contribution in [0.2, 0.25) is 0 Å². The molecular formula is C14H18O2. The van der Waals surface area contributed by atoms with E-state index in [0.29, 0.717) is 18.3 Å². The molecule has 16 heavy (non-hydrogen) atoms. The first-order chi connectivity index (χ1) is 7.66. The van der Waals surface area contributed by atoms with Gasteiger partial charge in [0.25, 0.3) is 0 Å². The van der Waals surface area contributed by atoms with Crippen LogP contribution in [0.15, 0.2) is 24.3 Å². The average molecular weight is 218 g/mol. The first-order valence-corrected chi connectivity index (χ1v) is 5.94. The second-order valence-electron chi connectivity index (χ2n) is 4.82. The van der Waals surface area contributed by atoms with Gasteiger partial charge in [-0.2, -0.15) is 0 Å². The SMILES string of the molecule is Cc1ccccc1C1CC(CCC(=O)O)C1. The average Bonchev–Trinajstić information content (AvgIpc) is 2.17. The lowest BCUT2D eigenvalue weighted by Gasteiger charge is -2.36. The number of aliphatic carboxylic acids is 1. The van der Waals surface area contributed by atoms with Crippen molar-refractivity contribution < 1.29 is 9.90 Å². The highest BCUT2D eigenvalue weighted by molar-refractivity contribution is 5.66. The molecule has 0 amide bonds. The summed E-state index contributed by atoms with van der Waals surface area (Å²) in [5.41, 5.74) is 2.82. The van der Waals surface area contributed by atoms with E-state index >= 15 is 0 Å². The van der Waals surface area contributed by atoms with Crippen molar-refractivity contribution in [3.63, 3.8) is 0 Å². The van der Waals surface area contributed by atoms with E-state index in [-0.39, 0.29) is 0 Å². The summed E-state index contributed by atoms with van der Waals surface area (Å²) in [6, 6.07) is 8.51. The van der Waals surface area contributed by atoms with Gasteiger partial charge in [-0.05, 0) is 49.1 Å². The first kappa shape index (κ1) is 11.2. The highest BCUT2D eigenvalue weighted by Gasteiger charge is 2.30. The summed E-state index contributed by atoms with van der Waals surface area (Å²) in [7, 11) is 0. The van der Waals surface area contributed by atoms with Crippen LogP contribution in [0.25, 0.3) is 0 Å². The summed E-state index contributed by atoms with van der Waals surface area (Å²) >= 11 is 0. The van der Waals surface area contributed by atoms with Crippen molar-refractivity contribution in [1.29, 1.82) is 0 Å². The molecule has 2 nitrogen and oxygen atoms in total. The zero-order valence-corrected chi connectivity index (χ0v) is 9.65. The minimum Gasteiger partial charge on any atom is -0.481 e. The molecule has 2 rings (SSSR count). The third-order valence-electron chi connectivity index (χ3n) is 3.63. The van der Waals surface area contributed by atoms with Gasteiger partial charge in [-0.25, -0.2) is 0 Å². The lowest BCUT2D eigenvalue weighted by Crippen LogP contribution is -2.23. The molecule has 0 bridgehead atoms. The Labute approximate surface area is 96.3 Å². The normalized spacial score (nSPS) is 23.8. The van der Waals surface area contributed by atoms with Gasteiger partial charge in [0, 0.05) is 6.42 Å². The molecule has 0 aromatic heterocycles. The lowest BCUT2D eigenvalue weighted by molar-refractivity contribution is -0.137. The molecule has 1 aromatic carbocycles. The summed E-state index contributed by atoms with van der Waals surface area (Å²) in [6.45, 7) is 2.15. The molecule has 0 atom stereocenters. The number of carboxylic acids is 1. The maximum atomic E-state index is 10.4. The fourth-order valence-corrected chi connectivity index (χ4v) is 2.60. The Balaban J connectivity index is 1.84. The number of hydrogen-bond donors (Lipinski definition) is 1. The highest BCUT2D eigenvalue weighted by Crippen LogP contribution is 2.44. The largest absolute Gasteiger partial charge is 0.481 e. The van der Waals surface area contributed by atoms with Crippen molar-refractivity contribution in [2.24, 2.45) is 5.92 Å². The van der Waals surface area contributed by atoms with Gasteiger partial charge in [-0.1, -0.05) is 24.3 Å². The van der Waals surface area contributed by atoms with Gasteiger partial charge in [0.05, 0.1) is 0 Å². The van der Waals surface area contributed by atoms with Crippen molar-refractivity contribution >= 4 is 5.97 Å². The monoisotopic (exact) mass is 218 g/mol. The third kappa shape index (κ3) is 2.43. The van der Waals surface area contributed by atoms with Crippen molar-refractivity contribution in [3.05, 3.63) is 35.4 Å². The van der Waals surface area contributed by atoms with Crippen LogP contribution < -0.4 is 0 Å². The Morgan fingerprint density at radius 3 is 2.69 bits per heavy atom. The van der Waals surface area contributed by atoms with E-state index in [1.165, 1.54) is 11.1 Å². The number of carboxylic acid groups (broad SMARTS) is 1. The molecule has 2 heteroatoms. The van der Waals surface area contributed by atoms with Crippen LogP contribution in [0.5, 0.6) is 0 Å². The van der Waals surface area contributed by atoms with Crippen LogP contribution in [0.1, 0.15) is 42.7 Å². The Morgan fingerprint density at radius 2 is 2.06 bits per heavy atom. The molecule has 1 fully saturated rings. The summed E-state index contributed by atoms with van der Waals surface area (Å²) in [4.78, 5) is 10.4. The maximum Gasteiger partial charge on any atom is 0.303 e. The van der Waals surface area contributed by atoms with Gasteiger partial charge in [0.15, 0.2) is 0 Å². The second-order valence-corrected chi connectivity index (χ2v) is 4.82. The minimum absolute atomic E-state index is 0.325. The van der Waals surface area contributed by atoms with E-state index in [4.69, 9.17) is 5.11 Å². The molecule has 0 unspecified atom stereocenters. The van der Waals surface area contributed by atoms with Gasteiger partial charge in [-0.15, -0.1) is 0 Å². The van der Waals surface area contributed by atoms with Crippen molar-refractivity contribution in [2.45, 2.75) is 38.5 Å². The van der Waals surface area contributed by atoms with Crippen LogP contribution in [0.4, 0.5) is 0 Å². The van der Waals surface area contributed by atoms with E-state index < -0.39 is 5.97 Å². The van der Waals surface area contributed by atoms with Crippen molar-refractivity contribution in [3.8, 4) is 0 Å². The van der Waals surface area contributed by atoms with Gasteiger partial charge >= 0.3 is 5.97 Å². The molecule has 0 saturated heterocycles. The molecule has 0 aliphatic heterocycles. The smallest absolute Gasteiger partial charge is 0.303 e. The van der Waals surface area contributed by atoms with E-state index in [9.17, 15) is 4.79 Å². The van der Waals surface area contributed by atoms with E-state index in [2.05, 4.69) is 31.2 Å². The first-order valence-electron chi connectivity index (χ1n) is 5.94. The van der Waals surface area contributed by atoms with E-state index in [1.807, 2.05) is 0 Å². The Bertz CT molecular complexity index is 378. The molecular weight excluding hydrogens is 200 g/mol. The molecule has 1 saturated carbocycles. The zero-order chi connectivity index (χ0) is 11.5. The summed E-state index contributed by atoms with van der Waals surface area (Å²) in [5, 5.41) is 8.61. The molecule has 1 aliphatic carbocycles. The standard InChI is InChI=1S/C14H18O2/c1-10-4-2-3-5-13(10)12-8-11(9-12)6-7-14(15)16/h2-5,11-12H,6-9H2,1H3,(H,15,16). The summed E-state index contributed by atoms with van der Waals surface area (Å²) < 4.78 is 0. The fraction of sp³-hybridized carbons (Fsp3) is 0.500. The van der Waals surface area contributed by atoms with E-state index in [0.717, 1.165) is 19.3 Å². The van der Waals surface area contributed by atoms with Gasteiger partial charge in [-0.3, -0.25) is 4.79 Å². The molecule has 0 radical (unpaired) electrons. The minimum atomic E-state index is -0.667. The lowest BCUT2D eigenvalue weighted by atomic mass is 9.69. The summed E-state index contributed by atoms with van der Waals surface area (Å²) in [6.07, 6.45) is 3.50. The van der Waals surface area contributed by atoms with Gasteiger partial charge in [0.2, 0.25) is 0 Å². The fourth-order valence-electron chi connectivity index (χ4n) is 2.60. The molecule has 0 heterocycles. The zero-order valence-electron chi connectivity index (χ0n) is 9.65. The van der Waals surface area contributed by atoms with Crippen LogP contribution in [-0.2, 0) is 4.79 Å². The number of aryl methyl sites for hydroxylation is 1. The highest BCUT2D eigenvalue weighted by atomic mass is 16.4. The molecule has 1 aromatic rings. The third-order valence-corrected chi connectivity index (χ3v) is 3.63. The Morgan fingerprint density at radius 1 is 1.38 bits per heavy atom. The van der Waals surface area contributed by atoms with Crippen LogP contribution in [0, 0.1) is 12.8 Å². The predicted molar refractivity (Wildman–Crippen MR) is 63.5 cm³/mol. The number of carbonyl (C=O) groups is 1. The van der Waals surface area contributed by atoms with Crippen molar-refractivity contribution in [1.82, 2.24) is 0 Å². The number of hydrogen-bond acceptors (Lipinski definition) is 1. The Hall–Kier alpha value is -1.31. The quantitative estimate of drug-likeness (QED) is 0.841. The molecule has 86 valence electrons. The number of benzene rings is 1. The summed E-state index contributed by atoms with van der Waals surface area (Å²) in [5.74, 6) is 0.625.